The topological polar surface area (TPSA) is 15.3 Å². The van der Waals surface area contributed by atoms with Crippen LogP contribution in [0.1, 0.15) is 41.0 Å². The molecule has 0 bridgehead atoms. The summed E-state index contributed by atoms with van der Waals surface area (Å²) in [6, 6.07) is 0.708. The Balaban J connectivity index is 2.30. The summed E-state index contributed by atoms with van der Waals surface area (Å²) in [5, 5.41) is 4.46. The average Bonchev–Trinajstić information content (AvgIpc) is 2.37. The Morgan fingerprint density at radius 1 is 1.22 bits per heavy atom. The minimum Gasteiger partial charge on any atom is -0.316 e. The number of nitrogens with zero attached hydrogens (tertiary/aromatic N) is 1. The molecule has 0 aromatic carbocycles. The normalized spacial score (nSPS) is 25.3. The lowest BCUT2D eigenvalue weighted by molar-refractivity contribution is 0.163. The molecule has 1 fully saturated rings. The van der Waals surface area contributed by atoms with E-state index in [0.29, 0.717) is 6.04 Å². The molecule has 3 atom stereocenters. The van der Waals surface area contributed by atoms with E-state index in [1.807, 2.05) is 0 Å². The Labute approximate surface area is 118 Å². The molecule has 2 nitrogen and oxygen atoms in total. The van der Waals surface area contributed by atoms with Crippen LogP contribution in [0.3, 0.4) is 0 Å². The molecule has 1 aliphatic heterocycles. The molecule has 18 heavy (non-hydrogen) atoms. The molecule has 0 aromatic rings. The van der Waals surface area contributed by atoms with Crippen LogP contribution in [0.5, 0.6) is 0 Å². The first kappa shape index (κ1) is 16.3. The minimum absolute atomic E-state index is 0.708. The van der Waals surface area contributed by atoms with Gasteiger partial charge < -0.3 is 5.32 Å². The summed E-state index contributed by atoms with van der Waals surface area (Å²) in [5.74, 6) is 2.81. The lowest BCUT2D eigenvalue weighted by Gasteiger charge is -2.39. The van der Waals surface area contributed by atoms with Gasteiger partial charge in [0, 0.05) is 30.1 Å². The van der Waals surface area contributed by atoms with Crippen molar-refractivity contribution in [3.63, 3.8) is 0 Å². The van der Waals surface area contributed by atoms with E-state index in [2.05, 4.69) is 56.6 Å². The zero-order valence-corrected chi connectivity index (χ0v) is 13.7. The second kappa shape index (κ2) is 8.44. The zero-order valence-electron chi connectivity index (χ0n) is 12.9. The molecular formula is C15H32N2S. The minimum atomic E-state index is 0.708. The van der Waals surface area contributed by atoms with Crippen molar-refractivity contribution in [2.24, 2.45) is 11.8 Å². The van der Waals surface area contributed by atoms with Crippen LogP contribution in [0.4, 0.5) is 0 Å². The predicted octanol–water partition coefficient (Wildman–Crippen LogP) is 3.08. The largest absolute Gasteiger partial charge is 0.316 e. The molecule has 1 heterocycles. The molecule has 0 saturated carbocycles. The standard InChI is InChI=1S/C15H32N2S/c1-6-15-11-17(7-8-18-15)14(5)13(4)10-16-9-12(2)3/h12-16H,6-11H2,1-5H3. The van der Waals surface area contributed by atoms with Crippen molar-refractivity contribution in [3.8, 4) is 0 Å². The highest BCUT2D eigenvalue weighted by molar-refractivity contribution is 8.00. The van der Waals surface area contributed by atoms with E-state index in [9.17, 15) is 0 Å². The molecule has 1 rings (SSSR count). The molecule has 0 spiro atoms. The van der Waals surface area contributed by atoms with E-state index in [4.69, 9.17) is 0 Å². The van der Waals surface area contributed by atoms with E-state index in [-0.39, 0.29) is 0 Å². The molecule has 108 valence electrons. The molecule has 1 aliphatic rings. The van der Waals surface area contributed by atoms with Gasteiger partial charge in [-0.1, -0.05) is 27.7 Å². The third-order valence-electron chi connectivity index (χ3n) is 4.04. The van der Waals surface area contributed by atoms with Gasteiger partial charge in [-0.15, -0.1) is 0 Å². The van der Waals surface area contributed by atoms with E-state index in [1.54, 1.807) is 0 Å². The van der Waals surface area contributed by atoms with Crippen LogP contribution >= 0.6 is 11.8 Å². The highest BCUT2D eigenvalue weighted by Crippen LogP contribution is 2.24. The summed E-state index contributed by atoms with van der Waals surface area (Å²) in [4.78, 5) is 2.70. The van der Waals surface area contributed by atoms with Gasteiger partial charge in [0.05, 0.1) is 0 Å². The van der Waals surface area contributed by atoms with Gasteiger partial charge >= 0.3 is 0 Å². The van der Waals surface area contributed by atoms with Gasteiger partial charge in [-0.25, -0.2) is 0 Å². The summed E-state index contributed by atoms with van der Waals surface area (Å²) in [7, 11) is 0. The Hall–Kier alpha value is 0.270. The van der Waals surface area contributed by atoms with Crippen LogP contribution in [0.25, 0.3) is 0 Å². The van der Waals surface area contributed by atoms with Gasteiger partial charge in [-0.2, -0.15) is 11.8 Å². The van der Waals surface area contributed by atoms with Gasteiger partial charge in [-0.05, 0) is 38.3 Å². The molecule has 0 aromatic heterocycles. The lowest BCUT2D eigenvalue weighted by atomic mass is 10.0. The van der Waals surface area contributed by atoms with Crippen LogP contribution in [0.2, 0.25) is 0 Å². The molecular weight excluding hydrogens is 240 g/mol. The van der Waals surface area contributed by atoms with Gasteiger partial charge in [0.15, 0.2) is 0 Å². The molecule has 1 saturated heterocycles. The van der Waals surface area contributed by atoms with Gasteiger partial charge in [0.1, 0.15) is 0 Å². The van der Waals surface area contributed by atoms with Crippen molar-refractivity contribution in [2.45, 2.75) is 52.3 Å². The fraction of sp³-hybridized carbons (Fsp3) is 1.00. The van der Waals surface area contributed by atoms with Crippen LogP contribution in [0, 0.1) is 11.8 Å². The molecule has 0 amide bonds. The van der Waals surface area contributed by atoms with Crippen molar-refractivity contribution in [1.82, 2.24) is 10.2 Å². The molecule has 1 N–H and O–H groups in total. The summed E-state index contributed by atoms with van der Waals surface area (Å²) in [6.07, 6.45) is 1.31. The van der Waals surface area contributed by atoms with E-state index in [0.717, 1.165) is 30.2 Å². The van der Waals surface area contributed by atoms with E-state index in [1.165, 1.54) is 25.3 Å². The summed E-state index contributed by atoms with van der Waals surface area (Å²) in [6.45, 7) is 16.5. The molecule has 3 heteroatoms. The highest BCUT2D eigenvalue weighted by atomic mass is 32.2. The van der Waals surface area contributed by atoms with E-state index >= 15 is 0 Å². The van der Waals surface area contributed by atoms with Gasteiger partial charge in [0.25, 0.3) is 0 Å². The van der Waals surface area contributed by atoms with Crippen molar-refractivity contribution in [3.05, 3.63) is 0 Å². The van der Waals surface area contributed by atoms with Crippen LogP contribution in [-0.4, -0.2) is 48.1 Å². The van der Waals surface area contributed by atoms with Crippen LogP contribution in [0.15, 0.2) is 0 Å². The van der Waals surface area contributed by atoms with Crippen molar-refractivity contribution < 1.29 is 0 Å². The Kier molecular flexibility index (Phi) is 7.66. The summed E-state index contributed by atoms with van der Waals surface area (Å²) in [5.41, 5.74) is 0. The fourth-order valence-corrected chi connectivity index (χ4v) is 3.69. The fourth-order valence-electron chi connectivity index (χ4n) is 2.49. The Morgan fingerprint density at radius 2 is 1.94 bits per heavy atom. The van der Waals surface area contributed by atoms with Crippen molar-refractivity contribution in [2.75, 3.05) is 31.9 Å². The highest BCUT2D eigenvalue weighted by Gasteiger charge is 2.25. The Bertz CT molecular complexity index is 221. The monoisotopic (exact) mass is 272 g/mol. The van der Waals surface area contributed by atoms with Crippen LogP contribution in [-0.2, 0) is 0 Å². The summed E-state index contributed by atoms with van der Waals surface area (Å²) >= 11 is 2.16. The quantitative estimate of drug-likeness (QED) is 0.767. The van der Waals surface area contributed by atoms with Crippen molar-refractivity contribution >= 4 is 11.8 Å². The van der Waals surface area contributed by atoms with Crippen molar-refractivity contribution in [1.29, 1.82) is 0 Å². The first-order chi connectivity index (χ1) is 8.54. The summed E-state index contributed by atoms with van der Waals surface area (Å²) < 4.78 is 0. The van der Waals surface area contributed by atoms with Gasteiger partial charge in [0.2, 0.25) is 0 Å². The number of hydrogen-bond acceptors (Lipinski definition) is 3. The van der Waals surface area contributed by atoms with E-state index < -0.39 is 0 Å². The second-order valence-electron chi connectivity index (χ2n) is 6.17. The first-order valence-corrected chi connectivity index (χ1v) is 8.65. The van der Waals surface area contributed by atoms with Crippen LogP contribution < -0.4 is 5.32 Å². The predicted molar refractivity (Wildman–Crippen MR) is 84.4 cm³/mol. The Morgan fingerprint density at radius 3 is 2.56 bits per heavy atom. The average molecular weight is 273 g/mol. The number of hydrogen-bond donors (Lipinski definition) is 1. The number of nitrogens with one attached hydrogen (secondary N) is 1. The first-order valence-electron chi connectivity index (χ1n) is 7.60. The molecule has 0 aliphatic carbocycles. The third kappa shape index (κ3) is 5.50. The second-order valence-corrected chi connectivity index (χ2v) is 7.57. The number of rotatable bonds is 7. The third-order valence-corrected chi connectivity index (χ3v) is 5.42. The van der Waals surface area contributed by atoms with Gasteiger partial charge in [-0.3, -0.25) is 4.90 Å². The SMILES string of the molecule is CCC1CN(C(C)C(C)CNCC(C)C)CCS1. The maximum absolute atomic E-state index is 3.60. The molecule has 3 unspecified atom stereocenters. The maximum atomic E-state index is 3.60. The smallest absolute Gasteiger partial charge is 0.0172 e. The number of thioether (sulfide) groups is 1. The lowest BCUT2D eigenvalue weighted by Crippen LogP contribution is -2.47. The molecule has 0 radical (unpaired) electrons. The zero-order chi connectivity index (χ0) is 13.5. The maximum Gasteiger partial charge on any atom is 0.0172 e.